The Morgan fingerprint density at radius 2 is 1.82 bits per heavy atom. The minimum absolute atomic E-state index is 0.0914. The highest BCUT2D eigenvalue weighted by Crippen LogP contribution is 2.40. The van der Waals surface area contributed by atoms with Crippen molar-refractivity contribution in [3.8, 4) is 0 Å². The summed E-state index contributed by atoms with van der Waals surface area (Å²) in [6.07, 6.45) is 1.77. The van der Waals surface area contributed by atoms with Crippen LogP contribution in [0.2, 0.25) is 0 Å². The van der Waals surface area contributed by atoms with E-state index in [1.165, 1.54) is 0 Å². The lowest BCUT2D eigenvalue weighted by molar-refractivity contribution is -0.146. The van der Waals surface area contributed by atoms with Gasteiger partial charge >= 0.3 is 11.9 Å². The third-order valence-corrected chi connectivity index (χ3v) is 3.02. The molecular weight excluding hydrogens is 222 g/mol. The summed E-state index contributed by atoms with van der Waals surface area (Å²) in [5, 5.41) is 0. The zero-order valence-corrected chi connectivity index (χ0v) is 10.2. The van der Waals surface area contributed by atoms with E-state index in [4.69, 9.17) is 9.47 Å². The monoisotopic (exact) mass is 239 g/mol. The molecule has 5 heteroatoms. The van der Waals surface area contributed by atoms with Gasteiger partial charge in [-0.05, 0) is 26.7 Å². The number of allylic oxidation sites excluding steroid dienone is 1. The third kappa shape index (κ3) is 2.28. The Morgan fingerprint density at radius 1 is 1.24 bits per heavy atom. The number of hydrogen-bond acceptors (Lipinski definition) is 5. The smallest absolute Gasteiger partial charge is 0.347 e. The molecule has 0 aliphatic carbocycles. The number of piperidine rings is 1. The van der Waals surface area contributed by atoms with Crippen LogP contribution in [-0.4, -0.2) is 42.6 Å². The molecule has 0 aromatic heterocycles. The SMILES string of the molecule is CCOC(=O)C(C(=O)OCC)=C1CC[C@@H]2CN12. The third-order valence-electron chi connectivity index (χ3n) is 3.02. The first-order valence-corrected chi connectivity index (χ1v) is 6.03. The van der Waals surface area contributed by atoms with Crippen molar-refractivity contribution in [1.29, 1.82) is 0 Å². The van der Waals surface area contributed by atoms with Gasteiger partial charge in [0.15, 0.2) is 5.57 Å². The minimum atomic E-state index is -0.562. The van der Waals surface area contributed by atoms with Gasteiger partial charge in [-0.1, -0.05) is 0 Å². The molecule has 1 atom stereocenters. The number of hydrogen-bond donors (Lipinski definition) is 0. The molecule has 94 valence electrons. The molecule has 2 rings (SSSR count). The molecule has 2 fully saturated rings. The maximum Gasteiger partial charge on any atom is 0.347 e. The summed E-state index contributed by atoms with van der Waals surface area (Å²) >= 11 is 0. The van der Waals surface area contributed by atoms with Gasteiger partial charge in [-0.3, -0.25) is 0 Å². The van der Waals surface area contributed by atoms with Crippen LogP contribution in [0.1, 0.15) is 26.7 Å². The summed E-state index contributed by atoms with van der Waals surface area (Å²) in [6.45, 7) is 4.91. The fraction of sp³-hybridized carbons (Fsp3) is 0.667. The number of fused-ring (bicyclic) bond motifs is 1. The van der Waals surface area contributed by atoms with Gasteiger partial charge < -0.3 is 14.4 Å². The lowest BCUT2D eigenvalue weighted by Gasteiger charge is -2.11. The van der Waals surface area contributed by atoms with Gasteiger partial charge in [0.1, 0.15) is 0 Å². The number of ether oxygens (including phenoxy) is 2. The van der Waals surface area contributed by atoms with Crippen molar-refractivity contribution in [2.24, 2.45) is 0 Å². The van der Waals surface area contributed by atoms with E-state index in [2.05, 4.69) is 4.90 Å². The van der Waals surface area contributed by atoms with E-state index < -0.39 is 11.9 Å². The summed E-state index contributed by atoms with van der Waals surface area (Å²) in [6, 6.07) is 0.517. The second-order valence-corrected chi connectivity index (χ2v) is 4.11. The van der Waals surface area contributed by atoms with Crippen LogP contribution in [0.15, 0.2) is 11.3 Å². The number of rotatable bonds is 4. The van der Waals surface area contributed by atoms with Crippen LogP contribution in [0.4, 0.5) is 0 Å². The first kappa shape index (κ1) is 12.0. The van der Waals surface area contributed by atoms with Gasteiger partial charge in [0, 0.05) is 18.3 Å². The summed E-state index contributed by atoms with van der Waals surface area (Å²) in [7, 11) is 0. The molecule has 0 radical (unpaired) electrons. The molecule has 0 aromatic rings. The van der Waals surface area contributed by atoms with E-state index in [1.807, 2.05) is 0 Å². The highest BCUT2D eigenvalue weighted by atomic mass is 16.6. The Labute approximate surface area is 100 Å². The van der Waals surface area contributed by atoms with Crippen molar-refractivity contribution in [2.45, 2.75) is 32.7 Å². The Kier molecular flexibility index (Phi) is 3.36. The molecular formula is C12H17NO4. The molecule has 0 aromatic carbocycles. The fourth-order valence-corrected chi connectivity index (χ4v) is 2.20. The predicted octanol–water partition coefficient (Wildman–Crippen LogP) is 0.845. The zero-order valence-electron chi connectivity index (χ0n) is 10.2. The molecule has 17 heavy (non-hydrogen) atoms. The number of carbonyl (C=O) groups is 2. The quantitative estimate of drug-likeness (QED) is 0.239. The number of esters is 2. The average Bonchev–Trinajstić information content (AvgIpc) is 2.95. The Balaban J connectivity index is 2.23. The van der Waals surface area contributed by atoms with E-state index >= 15 is 0 Å². The zero-order chi connectivity index (χ0) is 12.4. The maximum absolute atomic E-state index is 11.8. The van der Waals surface area contributed by atoms with Crippen molar-refractivity contribution in [3.63, 3.8) is 0 Å². The molecule has 5 nitrogen and oxygen atoms in total. The average molecular weight is 239 g/mol. The summed E-state index contributed by atoms with van der Waals surface area (Å²) in [5.74, 6) is -1.12. The van der Waals surface area contributed by atoms with Crippen molar-refractivity contribution in [3.05, 3.63) is 11.3 Å². The number of carbonyl (C=O) groups excluding carboxylic acids is 2. The standard InChI is InChI=1S/C12H17NO4/c1-3-16-11(14)10(12(15)17-4-2)9-6-5-8-7-13(8)9/h8H,3-7H2,1-2H3/t8-,13?/m1/s1. The van der Waals surface area contributed by atoms with E-state index in [1.54, 1.807) is 13.8 Å². The van der Waals surface area contributed by atoms with Gasteiger partial charge in [-0.25, -0.2) is 9.59 Å². The minimum Gasteiger partial charge on any atom is -0.462 e. The molecule has 2 heterocycles. The van der Waals surface area contributed by atoms with Gasteiger partial charge in [0.25, 0.3) is 0 Å². The molecule has 0 saturated carbocycles. The van der Waals surface area contributed by atoms with Gasteiger partial charge in [0.05, 0.1) is 13.2 Å². The molecule has 0 amide bonds. The largest absolute Gasteiger partial charge is 0.462 e. The van der Waals surface area contributed by atoms with Crippen LogP contribution in [0.3, 0.4) is 0 Å². The highest BCUT2D eigenvalue weighted by Gasteiger charge is 2.45. The van der Waals surface area contributed by atoms with E-state index in [0.29, 0.717) is 6.04 Å². The maximum atomic E-state index is 11.8. The summed E-state index contributed by atoms with van der Waals surface area (Å²) in [5.41, 5.74) is 0.889. The topological polar surface area (TPSA) is 55.6 Å². The Morgan fingerprint density at radius 3 is 2.18 bits per heavy atom. The molecule has 2 aliphatic rings. The number of nitrogens with zero attached hydrogens (tertiary/aromatic N) is 1. The van der Waals surface area contributed by atoms with E-state index in [0.717, 1.165) is 25.1 Å². The molecule has 2 saturated heterocycles. The van der Waals surface area contributed by atoms with Crippen LogP contribution in [0.25, 0.3) is 0 Å². The van der Waals surface area contributed by atoms with Gasteiger partial charge in [-0.15, -0.1) is 0 Å². The Hall–Kier alpha value is -1.52. The normalized spacial score (nSPS) is 20.9. The summed E-state index contributed by atoms with van der Waals surface area (Å²) in [4.78, 5) is 25.7. The Bertz CT molecular complexity index is 355. The first-order chi connectivity index (χ1) is 8.19. The lowest BCUT2D eigenvalue weighted by atomic mass is 10.1. The molecule has 2 aliphatic heterocycles. The molecule has 0 bridgehead atoms. The highest BCUT2D eigenvalue weighted by molar-refractivity contribution is 6.14. The van der Waals surface area contributed by atoms with Crippen LogP contribution in [0, 0.1) is 0 Å². The summed E-state index contributed by atoms with van der Waals surface area (Å²) < 4.78 is 9.85. The van der Waals surface area contributed by atoms with Crippen molar-refractivity contribution in [1.82, 2.24) is 4.90 Å². The lowest BCUT2D eigenvalue weighted by Crippen LogP contribution is -2.22. The van der Waals surface area contributed by atoms with E-state index in [9.17, 15) is 9.59 Å². The molecule has 0 spiro atoms. The van der Waals surface area contributed by atoms with Crippen LogP contribution in [0.5, 0.6) is 0 Å². The predicted molar refractivity (Wildman–Crippen MR) is 60.0 cm³/mol. The fourth-order valence-electron chi connectivity index (χ4n) is 2.20. The van der Waals surface area contributed by atoms with Crippen LogP contribution in [-0.2, 0) is 19.1 Å². The van der Waals surface area contributed by atoms with Crippen molar-refractivity contribution >= 4 is 11.9 Å². The van der Waals surface area contributed by atoms with Crippen LogP contribution >= 0.6 is 0 Å². The van der Waals surface area contributed by atoms with E-state index in [-0.39, 0.29) is 18.8 Å². The van der Waals surface area contributed by atoms with Crippen LogP contribution < -0.4 is 0 Å². The van der Waals surface area contributed by atoms with Gasteiger partial charge in [-0.2, -0.15) is 0 Å². The second kappa shape index (κ2) is 4.77. The van der Waals surface area contributed by atoms with Crippen molar-refractivity contribution in [2.75, 3.05) is 19.8 Å². The second-order valence-electron chi connectivity index (χ2n) is 4.11. The van der Waals surface area contributed by atoms with Crippen molar-refractivity contribution < 1.29 is 19.1 Å². The molecule has 0 N–H and O–H groups in total. The molecule has 0 unspecified atom stereocenters. The van der Waals surface area contributed by atoms with Gasteiger partial charge in [0.2, 0.25) is 0 Å². The first-order valence-electron chi connectivity index (χ1n) is 6.03.